The molecule has 3 heterocycles. The maximum absolute atomic E-state index is 13.3. The highest BCUT2D eigenvalue weighted by Crippen LogP contribution is 2.42. The molecule has 1 saturated carbocycles. The van der Waals surface area contributed by atoms with E-state index in [-0.39, 0.29) is 17.4 Å². The van der Waals surface area contributed by atoms with E-state index in [0.29, 0.717) is 12.2 Å². The number of nitrogens with one attached hydrogen (secondary N) is 1. The van der Waals surface area contributed by atoms with Crippen molar-refractivity contribution in [3.8, 4) is 0 Å². The summed E-state index contributed by atoms with van der Waals surface area (Å²) < 4.78 is 1.90. The number of imidazole rings is 1. The maximum Gasteiger partial charge on any atom is 0.268 e. The lowest BCUT2D eigenvalue weighted by Crippen LogP contribution is -2.40. The third-order valence-electron chi connectivity index (χ3n) is 7.09. The molecule has 0 spiro atoms. The molecule has 2 fully saturated rings. The van der Waals surface area contributed by atoms with Crippen molar-refractivity contribution in [3.63, 3.8) is 0 Å². The van der Waals surface area contributed by atoms with E-state index in [4.69, 9.17) is 16.5 Å². The Bertz CT molecular complexity index is 1050. The molecule has 2 aliphatic rings. The Kier molecular flexibility index (Phi) is 7.30. The van der Waals surface area contributed by atoms with Gasteiger partial charge in [0.2, 0.25) is 0 Å². The number of fused-ring (bicyclic) bond motifs is 1. The molecule has 1 unspecified atom stereocenters. The molecule has 1 aliphatic carbocycles. The van der Waals surface area contributed by atoms with Gasteiger partial charge in [-0.05, 0) is 49.2 Å². The molecule has 1 saturated heterocycles. The van der Waals surface area contributed by atoms with Crippen LogP contribution in [0.25, 0.3) is 5.65 Å². The van der Waals surface area contributed by atoms with Crippen LogP contribution in [0.4, 0.5) is 0 Å². The molecular weight excluding hydrogens is 412 g/mol. The molecule has 1 atom stereocenters. The number of nitrogens with two attached hydrogens (primary N) is 2. The molecule has 7 heteroatoms. The van der Waals surface area contributed by atoms with Gasteiger partial charge in [-0.1, -0.05) is 44.1 Å². The Hall–Kier alpha value is -2.90. The van der Waals surface area contributed by atoms with Gasteiger partial charge in [0.05, 0.1) is 5.69 Å². The Balaban J connectivity index is 1.52. The van der Waals surface area contributed by atoms with Gasteiger partial charge in [-0.25, -0.2) is 4.98 Å². The fraction of sp³-hybridized carbons (Fsp3) is 0.462. The van der Waals surface area contributed by atoms with Crippen molar-refractivity contribution in [3.05, 3.63) is 72.4 Å². The van der Waals surface area contributed by atoms with Crippen molar-refractivity contribution in [2.75, 3.05) is 19.6 Å². The number of allylic oxidation sites excluding steroid dienone is 3. The van der Waals surface area contributed by atoms with Crippen LogP contribution in [0.3, 0.4) is 0 Å². The van der Waals surface area contributed by atoms with Crippen molar-refractivity contribution in [2.45, 2.75) is 51.1 Å². The van der Waals surface area contributed by atoms with Crippen LogP contribution in [0.1, 0.15) is 54.7 Å². The number of amides is 1. The highest BCUT2D eigenvalue weighted by atomic mass is 16.1. The third kappa shape index (κ3) is 5.20. The van der Waals surface area contributed by atoms with Crippen LogP contribution in [-0.2, 0) is 6.54 Å². The monoisotopic (exact) mass is 448 g/mol. The first-order valence-corrected chi connectivity index (χ1v) is 12.0. The third-order valence-corrected chi connectivity index (χ3v) is 7.09. The van der Waals surface area contributed by atoms with Crippen LogP contribution in [0, 0.1) is 5.41 Å². The van der Waals surface area contributed by atoms with Crippen molar-refractivity contribution in [1.29, 1.82) is 0 Å². The van der Waals surface area contributed by atoms with Crippen molar-refractivity contribution in [2.24, 2.45) is 16.9 Å². The van der Waals surface area contributed by atoms with Crippen molar-refractivity contribution in [1.82, 2.24) is 19.6 Å². The van der Waals surface area contributed by atoms with Gasteiger partial charge in [0.25, 0.3) is 5.91 Å². The average Bonchev–Trinajstić information content (AvgIpc) is 3.43. The van der Waals surface area contributed by atoms with Crippen LogP contribution < -0.4 is 16.8 Å². The molecule has 176 valence electrons. The zero-order chi connectivity index (χ0) is 23.3. The molecule has 33 heavy (non-hydrogen) atoms. The van der Waals surface area contributed by atoms with Crippen LogP contribution in [-0.4, -0.2) is 45.9 Å². The van der Waals surface area contributed by atoms with E-state index in [1.165, 1.54) is 12.6 Å². The number of likely N-dealkylation sites (tertiary alicyclic amines) is 1. The summed E-state index contributed by atoms with van der Waals surface area (Å²) in [5.74, 6) is -0.0875. The summed E-state index contributed by atoms with van der Waals surface area (Å²) in [5.41, 5.74) is 15.0. The molecule has 1 aliphatic heterocycles. The van der Waals surface area contributed by atoms with E-state index in [0.717, 1.165) is 68.7 Å². The predicted octanol–water partition coefficient (Wildman–Crippen LogP) is 3.13. The summed E-state index contributed by atoms with van der Waals surface area (Å²) in [5, 5.41) is 3.22. The van der Waals surface area contributed by atoms with Gasteiger partial charge in [0, 0.05) is 43.8 Å². The van der Waals surface area contributed by atoms with E-state index < -0.39 is 0 Å². The minimum absolute atomic E-state index is 0.0875. The summed E-state index contributed by atoms with van der Waals surface area (Å²) in [6.45, 7) is 7.24. The van der Waals surface area contributed by atoms with E-state index >= 15 is 0 Å². The minimum Gasteiger partial charge on any atom is -0.405 e. The van der Waals surface area contributed by atoms with Crippen LogP contribution in [0.2, 0.25) is 0 Å². The normalized spacial score (nSPS) is 21.6. The van der Waals surface area contributed by atoms with Gasteiger partial charge in [-0.2, -0.15) is 0 Å². The average molecular weight is 449 g/mol. The molecule has 0 aromatic carbocycles. The molecule has 2 aromatic rings. The summed E-state index contributed by atoms with van der Waals surface area (Å²) in [4.78, 5) is 20.4. The molecule has 1 amide bonds. The molecule has 4 rings (SSSR count). The zero-order valence-corrected chi connectivity index (χ0v) is 19.4. The maximum atomic E-state index is 13.3. The van der Waals surface area contributed by atoms with Crippen LogP contribution in [0.5, 0.6) is 0 Å². The Labute approximate surface area is 196 Å². The summed E-state index contributed by atoms with van der Waals surface area (Å²) in [6.07, 6.45) is 15.9. The largest absolute Gasteiger partial charge is 0.405 e. The molecule has 5 N–H and O–H groups in total. The highest BCUT2D eigenvalue weighted by Gasteiger charge is 2.35. The quantitative estimate of drug-likeness (QED) is 0.539. The number of rotatable bonds is 8. The van der Waals surface area contributed by atoms with Crippen molar-refractivity contribution >= 4 is 11.6 Å². The predicted molar refractivity (Wildman–Crippen MR) is 133 cm³/mol. The van der Waals surface area contributed by atoms with E-state index in [1.54, 1.807) is 0 Å². The molecule has 0 bridgehead atoms. The number of carbonyl (C=O) groups is 1. The second kappa shape index (κ2) is 10.4. The number of hydrogen-bond acceptors (Lipinski definition) is 5. The van der Waals surface area contributed by atoms with Gasteiger partial charge in [-0.3, -0.25) is 14.1 Å². The number of nitrogens with zero attached hydrogens (tertiary/aromatic N) is 3. The van der Waals surface area contributed by atoms with Gasteiger partial charge < -0.3 is 16.8 Å². The summed E-state index contributed by atoms with van der Waals surface area (Å²) in [7, 11) is 0. The van der Waals surface area contributed by atoms with Crippen molar-refractivity contribution < 1.29 is 4.79 Å². The first-order chi connectivity index (χ1) is 16.0. The lowest BCUT2D eigenvalue weighted by Gasteiger charge is -2.38. The van der Waals surface area contributed by atoms with E-state index in [1.807, 2.05) is 47.0 Å². The highest BCUT2D eigenvalue weighted by molar-refractivity contribution is 5.93. The van der Waals surface area contributed by atoms with Crippen LogP contribution in [0.15, 0.2) is 61.0 Å². The smallest absolute Gasteiger partial charge is 0.268 e. The molecular formula is C26H36N6O. The first kappa shape index (κ1) is 23.3. The fourth-order valence-electron chi connectivity index (χ4n) is 5.31. The summed E-state index contributed by atoms with van der Waals surface area (Å²) in [6, 6.07) is 5.93. The van der Waals surface area contributed by atoms with Gasteiger partial charge in [-0.15, -0.1) is 0 Å². The number of hydrogen-bond donors (Lipinski definition) is 3. The number of aromatic nitrogens is 2. The molecule has 7 nitrogen and oxygen atoms in total. The van der Waals surface area contributed by atoms with E-state index in [9.17, 15) is 4.79 Å². The Morgan fingerprint density at radius 3 is 2.82 bits per heavy atom. The summed E-state index contributed by atoms with van der Waals surface area (Å²) >= 11 is 0. The van der Waals surface area contributed by atoms with E-state index in [2.05, 4.69) is 16.8 Å². The topological polar surface area (TPSA) is 102 Å². The SMILES string of the molecule is C=CC(=CC=CN)C1(CNC(=O)c2cccc3nc(CN4CCC(N)C4)cn23)CCCCC1. The molecule has 0 radical (unpaired) electrons. The second-order valence-corrected chi connectivity index (χ2v) is 9.39. The van der Waals surface area contributed by atoms with Gasteiger partial charge in [0.1, 0.15) is 11.3 Å². The van der Waals surface area contributed by atoms with Gasteiger partial charge in [0.15, 0.2) is 0 Å². The number of pyridine rings is 1. The first-order valence-electron chi connectivity index (χ1n) is 12.0. The lowest BCUT2D eigenvalue weighted by atomic mass is 9.68. The Morgan fingerprint density at radius 2 is 2.12 bits per heavy atom. The fourth-order valence-corrected chi connectivity index (χ4v) is 5.31. The zero-order valence-electron chi connectivity index (χ0n) is 19.4. The van der Waals surface area contributed by atoms with Crippen LogP contribution >= 0.6 is 0 Å². The van der Waals surface area contributed by atoms with Gasteiger partial charge >= 0.3 is 0 Å². The second-order valence-electron chi connectivity index (χ2n) is 9.39. The Morgan fingerprint density at radius 1 is 1.30 bits per heavy atom. The number of carbonyl (C=O) groups excluding carboxylic acids is 1. The standard InChI is InChI=1S/C26H36N6O/c1-2-20(8-7-14-27)26(12-4-3-5-13-26)19-29-25(33)23-9-6-10-24-30-22(18-32(23)24)17-31-15-11-21(28)16-31/h2,6-10,14,18,21H,1,3-5,11-13,15-17,19,27-28H2,(H,29,33). The molecule has 2 aromatic heterocycles. The minimum atomic E-state index is -0.113. The lowest BCUT2D eigenvalue weighted by molar-refractivity contribution is 0.0921.